The van der Waals surface area contributed by atoms with Crippen molar-refractivity contribution in [3.05, 3.63) is 35.5 Å². The molecule has 0 aromatic carbocycles. The Morgan fingerprint density at radius 2 is 2.14 bits per heavy atom. The maximum absolute atomic E-state index is 10.8. The van der Waals surface area contributed by atoms with Crippen LogP contribution in [0.3, 0.4) is 0 Å². The van der Waals surface area contributed by atoms with Crippen LogP contribution in [0.15, 0.2) is 27.9 Å². The first-order chi connectivity index (χ1) is 9.77. The number of furan rings is 1. The van der Waals surface area contributed by atoms with Crippen LogP contribution in [0.5, 0.6) is 0 Å². The van der Waals surface area contributed by atoms with Crippen LogP contribution in [0.1, 0.15) is 38.0 Å². The van der Waals surface area contributed by atoms with Gasteiger partial charge in [0.15, 0.2) is 5.16 Å². The fraction of sp³-hybridized carbons (Fsp3) is 0.467. The average Bonchev–Trinajstić information content (AvgIpc) is 2.93. The Hall–Kier alpha value is -1.69. The summed E-state index contributed by atoms with van der Waals surface area (Å²) >= 11 is 1.23. The van der Waals surface area contributed by atoms with Gasteiger partial charge in [-0.15, -0.1) is 0 Å². The van der Waals surface area contributed by atoms with Crippen molar-refractivity contribution in [2.75, 3.05) is 5.75 Å². The molecule has 0 saturated carbocycles. The fourth-order valence-corrected chi connectivity index (χ4v) is 2.78. The van der Waals surface area contributed by atoms with E-state index in [1.54, 1.807) is 0 Å². The van der Waals surface area contributed by atoms with E-state index in [0.29, 0.717) is 11.7 Å². The number of carboxylic acid groups (broad SMARTS) is 1. The van der Waals surface area contributed by atoms with Crippen LogP contribution >= 0.6 is 11.8 Å². The van der Waals surface area contributed by atoms with Crippen LogP contribution in [0.2, 0.25) is 0 Å². The maximum atomic E-state index is 10.8. The van der Waals surface area contributed by atoms with Gasteiger partial charge in [0.1, 0.15) is 11.5 Å². The van der Waals surface area contributed by atoms with Gasteiger partial charge in [-0.1, -0.05) is 32.5 Å². The molecule has 0 radical (unpaired) electrons. The fourth-order valence-electron chi connectivity index (χ4n) is 2.08. The molecule has 0 aliphatic carbocycles. The predicted octanol–water partition coefficient (Wildman–Crippen LogP) is 3.31. The van der Waals surface area contributed by atoms with Crippen LogP contribution in [0.25, 0.3) is 0 Å². The van der Waals surface area contributed by atoms with Gasteiger partial charge in [0.25, 0.3) is 0 Å². The lowest BCUT2D eigenvalue weighted by atomic mass is 9.92. The minimum Gasteiger partial charge on any atom is -0.481 e. The first-order valence-electron chi connectivity index (χ1n) is 6.73. The molecule has 0 atom stereocenters. The number of imidazole rings is 1. The Kier molecular flexibility index (Phi) is 4.46. The summed E-state index contributed by atoms with van der Waals surface area (Å²) in [4.78, 5) is 15.2. The van der Waals surface area contributed by atoms with E-state index < -0.39 is 5.97 Å². The molecule has 21 heavy (non-hydrogen) atoms. The van der Waals surface area contributed by atoms with E-state index in [-0.39, 0.29) is 11.2 Å². The van der Waals surface area contributed by atoms with Gasteiger partial charge in [-0.25, -0.2) is 4.98 Å². The van der Waals surface area contributed by atoms with Crippen molar-refractivity contribution < 1.29 is 14.3 Å². The molecule has 0 aliphatic rings. The van der Waals surface area contributed by atoms with Crippen molar-refractivity contribution in [1.29, 1.82) is 0 Å². The van der Waals surface area contributed by atoms with E-state index >= 15 is 0 Å². The van der Waals surface area contributed by atoms with E-state index in [0.717, 1.165) is 17.2 Å². The van der Waals surface area contributed by atoms with Gasteiger partial charge >= 0.3 is 5.97 Å². The zero-order valence-electron chi connectivity index (χ0n) is 12.7. The highest BCUT2D eigenvalue weighted by Gasteiger charge is 2.23. The molecule has 2 rings (SSSR count). The summed E-state index contributed by atoms with van der Waals surface area (Å²) in [6.07, 6.45) is 1.82. The third-order valence-corrected chi connectivity index (χ3v) is 4.00. The molecule has 0 bridgehead atoms. The Morgan fingerprint density at radius 3 is 2.67 bits per heavy atom. The minimum absolute atomic E-state index is 0.00220. The average molecular weight is 308 g/mol. The van der Waals surface area contributed by atoms with Crippen molar-refractivity contribution in [2.45, 2.75) is 44.8 Å². The monoisotopic (exact) mass is 308 g/mol. The predicted molar refractivity (Wildman–Crippen MR) is 81.8 cm³/mol. The summed E-state index contributed by atoms with van der Waals surface area (Å²) in [5.74, 6) is 0.855. The van der Waals surface area contributed by atoms with Crippen molar-refractivity contribution in [3.8, 4) is 0 Å². The van der Waals surface area contributed by atoms with E-state index in [1.165, 1.54) is 11.8 Å². The van der Waals surface area contributed by atoms with Crippen LogP contribution in [-0.2, 0) is 16.8 Å². The summed E-state index contributed by atoms with van der Waals surface area (Å²) in [5, 5.41) is 9.55. The summed E-state index contributed by atoms with van der Waals surface area (Å²) in [7, 11) is 0. The molecular formula is C15H20N2O3S. The van der Waals surface area contributed by atoms with E-state index in [9.17, 15) is 4.79 Å². The number of hydrogen-bond donors (Lipinski definition) is 1. The number of carboxylic acids is 1. The molecule has 0 aliphatic heterocycles. The molecule has 1 N–H and O–H groups in total. The number of aryl methyl sites for hydroxylation is 1. The number of nitrogens with zero attached hydrogens (tertiary/aromatic N) is 2. The number of carbonyl (C=O) groups is 1. The second-order valence-electron chi connectivity index (χ2n) is 5.96. The van der Waals surface area contributed by atoms with Crippen molar-refractivity contribution in [1.82, 2.24) is 9.55 Å². The summed E-state index contributed by atoms with van der Waals surface area (Å²) < 4.78 is 7.66. The highest BCUT2D eigenvalue weighted by atomic mass is 32.2. The lowest BCUT2D eigenvalue weighted by molar-refractivity contribution is -0.133. The van der Waals surface area contributed by atoms with Gasteiger partial charge in [0.05, 0.1) is 12.3 Å². The van der Waals surface area contributed by atoms with Gasteiger partial charge in [-0.3, -0.25) is 4.79 Å². The zero-order valence-corrected chi connectivity index (χ0v) is 13.5. The Morgan fingerprint density at radius 1 is 1.43 bits per heavy atom. The van der Waals surface area contributed by atoms with Crippen LogP contribution in [-0.4, -0.2) is 26.4 Å². The SMILES string of the molecule is Cc1ccc(Cn2c(C(C)(C)C)cnc2SCC(=O)O)o1. The Labute approximate surface area is 128 Å². The van der Waals surface area contributed by atoms with Gasteiger partial charge in [0, 0.05) is 17.3 Å². The number of aromatic nitrogens is 2. The number of hydrogen-bond acceptors (Lipinski definition) is 4. The van der Waals surface area contributed by atoms with E-state index in [2.05, 4.69) is 25.8 Å². The Balaban J connectivity index is 2.33. The van der Waals surface area contributed by atoms with Crippen molar-refractivity contribution in [3.63, 3.8) is 0 Å². The molecule has 2 aromatic rings. The summed E-state index contributed by atoms with van der Waals surface area (Å²) in [6, 6.07) is 3.86. The number of rotatable bonds is 5. The quantitative estimate of drug-likeness (QED) is 0.858. The molecule has 2 heterocycles. The first-order valence-corrected chi connectivity index (χ1v) is 7.72. The molecular weight excluding hydrogens is 288 g/mol. The standard InChI is InChI=1S/C15H20N2O3S/c1-10-5-6-11(20-10)8-17-12(15(2,3)4)7-16-14(17)21-9-13(18)19/h5-7H,8-9H2,1-4H3,(H,18,19). The number of thioether (sulfide) groups is 1. The molecule has 0 fully saturated rings. The van der Waals surface area contributed by atoms with Gasteiger partial charge in [0.2, 0.25) is 0 Å². The molecule has 114 valence electrons. The lowest BCUT2D eigenvalue weighted by Crippen LogP contribution is -2.18. The molecule has 6 heteroatoms. The molecule has 5 nitrogen and oxygen atoms in total. The van der Waals surface area contributed by atoms with Crippen molar-refractivity contribution in [2.24, 2.45) is 0 Å². The van der Waals surface area contributed by atoms with E-state index in [4.69, 9.17) is 9.52 Å². The third kappa shape index (κ3) is 3.91. The topological polar surface area (TPSA) is 68.3 Å². The first kappa shape index (κ1) is 15.7. The minimum atomic E-state index is -0.847. The van der Waals surface area contributed by atoms with Crippen LogP contribution < -0.4 is 0 Å². The summed E-state index contributed by atoms with van der Waals surface area (Å²) in [5.41, 5.74) is 0.987. The second kappa shape index (κ2) is 5.97. The molecule has 0 saturated heterocycles. The molecule has 0 spiro atoms. The number of aliphatic carboxylic acids is 1. The van der Waals surface area contributed by atoms with Gasteiger partial charge in [-0.2, -0.15) is 0 Å². The molecule has 0 amide bonds. The van der Waals surface area contributed by atoms with Gasteiger partial charge in [-0.05, 0) is 19.1 Å². The second-order valence-corrected chi connectivity index (χ2v) is 6.90. The zero-order chi connectivity index (χ0) is 15.6. The van der Waals surface area contributed by atoms with Crippen LogP contribution in [0.4, 0.5) is 0 Å². The summed E-state index contributed by atoms with van der Waals surface area (Å²) in [6.45, 7) is 8.79. The van der Waals surface area contributed by atoms with Gasteiger partial charge < -0.3 is 14.1 Å². The van der Waals surface area contributed by atoms with Crippen molar-refractivity contribution >= 4 is 17.7 Å². The highest BCUT2D eigenvalue weighted by Crippen LogP contribution is 2.28. The normalized spacial score (nSPS) is 11.8. The lowest BCUT2D eigenvalue weighted by Gasteiger charge is -2.21. The largest absolute Gasteiger partial charge is 0.481 e. The third-order valence-electron chi connectivity index (χ3n) is 3.02. The Bertz CT molecular complexity index is 638. The molecule has 0 unspecified atom stereocenters. The molecule has 2 aromatic heterocycles. The van der Waals surface area contributed by atoms with Crippen LogP contribution in [0, 0.1) is 6.92 Å². The highest BCUT2D eigenvalue weighted by molar-refractivity contribution is 7.99. The van der Waals surface area contributed by atoms with E-state index in [1.807, 2.05) is 29.8 Å². The smallest absolute Gasteiger partial charge is 0.313 e. The maximum Gasteiger partial charge on any atom is 0.313 e.